The highest BCUT2D eigenvalue weighted by atomic mass is 35.5. The molecule has 1 N–H and O–H groups in total. The van der Waals surface area contributed by atoms with E-state index >= 15 is 0 Å². The van der Waals surface area contributed by atoms with Crippen LogP contribution in [0.1, 0.15) is 37.4 Å². The average Bonchev–Trinajstić information content (AvgIpc) is 2.76. The van der Waals surface area contributed by atoms with Gasteiger partial charge in [0.2, 0.25) is 5.95 Å². The minimum absolute atomic E-state index is 0.106. The lowest BCUT2D eigenvalue weighted by Crippen LogP contribution is -2.59. The molecule has 4 fully saturated rings. The molecule has 31 heavy (non-hydrogen) atoms. The summed E-state index contributed by atoms with van der Waals surface area (Å²) in [6.07, 6.45) is 9.27. The second-order valence-corrected chi connectivity index (χ2v) is 11.2. The van der Waals surface area contributed by atoms with E-state index in [-0.39, 0.29) is 12.1 Å². The number of aliphatic hydroxyl groups is 1. The number of aromatic nitrogens is 4. The van der Waals surface area contributed by atoms with Crippen molar-refractivity contribution in [3.8, 4) is 0 Å². The van der Waals surface area contributed by atoms with E-state index < -0.39 is 10.8 Å². The summed E-state index contributed by atoms with van der Waals surface area (Å²) in [5.74, 6) is 4.20. The van der Waals surface area contributed by atoms with Crippen LogP contribution in [0.3, 0.4) is 0 Å². The van der Waals surface area contributed by atoms with Crippen molar-refractivity contribution in [3.63, 3.8) is 0 Å². The second-order valence-electron chi connectivity index (χ2n) is 9.24. The van der Waals surface area contributed by atoms with Gasteiger partial charge >= 0.3 is 0 Å². The fraction of sp³-hybridized carbons (Fsp3) is 0.619. The van der Waals surface area contributed by atoms with Gasteiger partial charge in [0, 0.05) is 43.7 Å². The predicted octanol–water partition coefficient (Wildman–Crippen LogP) is 2.00. The maximum absolute atomic E-state index is 12.6. The van der Waals surface area contributed by atoms with Gasteiger partial charge in [0.05, 0.1) is 39.1 Å². The van der Waals surface area contributed by atoms with Gasteiger partial charge in [-0.1, -0.05) is 11.6 Å². The summed E-state index contributed by atoms with van der Waals surface area (Å²) in [6, 6.07) is 0. The van der Waals surface area contributed by atoms with E-state index in [0.717, 1.165) is 44.0 Å². The first-order valence-corrected chi connectivity index (χ1v) is 12.6. The van der Waals surface area contributed by atoms with Crippen LogP contribution in [0, 0.1) is 11.8 Å². The molecule has 2 saturated heterocycles. The topological polar surface area (TPSA) is 95.3 Å². The zero-order valence-corrected chi connectivity index (χ0v) is 18.7. The zero-order valence-electron chi connectivity index (χ0n) is 17.2. The van der Waals surface area contributed by atoms with Crippen molar-refractivity contribution in [3.05, 3.63) is 29.4 Å². The van der Waals surface area contributed by atoms with Crippen molar-refractivity contribution in [2.24, 2.45) is 11.8 Å². The van der Waals surface area contributed by atoms with Crippen LogP contribution >= 0.6 is 11.6 Å². The van der Waals surface area contributed by atoms with Crippen molar-refractivity contribution >= 4 is 34.2 Å². The molecule has 5 aliphatic rings. The van der Waals surface area contributed by atoms with Crippen LogP contribution in [0.25, 0.3) is 0 Å². The highest BCUT2D eigenvalue weighted by Crippen LogP contribution is 2.51. The Balaban J connectivity index is 1.26. The van der Waals surface area contributed by atoms with Crippen LogP contribution in [0.5, 0.6) is 0 Å². The van der Waals surface area contributed by atoms with Gasteiger partial charge in [-0.25, -0.2) is 15.0 Å². The van der Waals surface area contributed by atoms with Crippen molar-refractivity contribution in [1.29, 1.82) is 0 Å². The molecule has 0 spiro atoms. The number of fused-ring (bicyclic) bond motifs is 3. The second kappa shape index (κ2) is 7.35. The molecule has 10 heteroatoms. The van der Waals surface area contributed by atoms with Gasteiger partial charge in [-0.2, -0.15) is 4.98 Å². The molecule has 0 aromatic carbocycles. The predicted molar refractivity (Wildman–Crippen MR) is 118 cm³/mol. The first-order valence-electron chi connectivity index (χ1n) is 10.9. The minimum Gasteiger partial charge on any atom is -0.394 e. The van der Waals surface area contributed by atoms with E-state index in [4.69, 9.17) is 16.6 Å². The molecule has 2 bridgehead atoms. The van der Waals surface area contributed by atoms with Crippen LogP contribution in [0.2, 0.25) is 5.02 Å². The Kier molecular flexibility index (Phi) is 4.70. The lowest BCUT2D eigenvalue weighted by Gasteiger charge is -2.53. The molecule has 8 nitrogen and oxygen atoms in total. The van der Waals surface area contributed by atoms with E-state index in [1.54, 1.807) is 18.6 Å². The molecule has 2 aromatic heterocycles. The monoisotopic (exact) mass is 460 g/mol. The van der Waals surface area contributed by atoms with E-state index in [2.05, 4.69) is 24.8 Å². The van der Waals surface area contributed by atoms with Crippen molar-refractivity contribution in [2.45, 2.75) is 42.0 Å². The molecule has 0 amide bonds. The number of hydrogen-bond donors (Lipinski definition) is 1. The Morgan fingerprint density at radius 3 is 2.55 bits per heavy atom. The normalized spacial score (nSPS) is 30.9. The third kappa shape index (κ3) is 3.08. The van der Waals surface area contributed by atoms with Gasteiger partial charge in [-0.05, 0) is 37.5 Å². The molecular weight excluding hydrogens is 436 g/mol. The van der Waals surface area contributed by atoms with Gasteiger partial charge in [0.15, 0.2) is 5.82 Å². The fourth-order valence-electron chi connectivity index (χ4n) is 5.78. The van der Waals surface area contributed by atoms with E-state index in [1.807, 2.05) is 0 Å². The molecule has 2 unspecified atom stereocenters. The summed E-state index contributed by atoms with van der Waals surface area (Å²) in [5.41, 5.74) is -0.258. The standard InChI is InChI=1S/C21H25ClN6O2S/c22-15-7-23-18(24-8-15)17-13-6-14(17)11-27(10-13)20-25-9-16-19(26-20)28(4-5-31(16)30)21(12-29)2-1-3-21/h7-9,13-14,17,29H,1-6,10-12H2/t13?,14?,17?,31-/m0/s1. The number of nitrogens with zero attached hydrogens (tertiary/aromatic N) is 6. The molecule has 2 aliphatic carbocycles. The molecule has 2 saturated carbocycles. The number of rotatable bonds is 4. The van der Waals surface area contributed by atoms with Gasteiger partial charge in [0.25, 0.3) is 0 Å². The number of piperidine rings is 2. The Bertz CT molecular complexity index is 1020. The molecule has 2 aromatic rings. The molecule has 164 valence electrons. The van der Waals surface area contributed by atoms with Gasteiger partial charge in [-0.3, -0.25) is 4.21 Å². The average molecular weight is 461 g/mol. The molecule has 5 heterocycles. The summed E-state index contributed by atoms with van der Waals surface area (Å²) in [4.78, 5) is 23.6. The lowest BCUT2D eigenvalue weighted by atomic mass is 9.61. The Hall–Kier alpha value is -1.84. The van der Waals surface area contributed by atoms with Gasteiger partial charge < -0.3 is 14.9 Å². The SMILES string of the molecule is O=[S@]1CCN(C2(CO)CCC2)c2nc(N3CC4CC(C3)C4c3ncc(Cl)cn3)ncc21. The van der Waals surface area contributed by atoms with Crippen molar-refractivity contribution in [2.75, 3.05) is 41.8 Å². The fourth-order valence-corrected chi connectivity index (χ4v) is 6.97. The quantitative estimate of drug-likeness (QED) is 0.740. The summed E-state index contributed by atoms with van der Waals surface area (Å²) in [7, 11) is -1.09. The maximum Gasteiger partial charge on any atom is 0.227 e. The highest BCUT2D eigenvalue weighted by molar-refractivity contribution is 7.85. The largest absolute Gasteiger partial charge is 0.394 e. The summed E-state index contributed by atoms with van der Waals surface area (Å²) < 4.78 is 12.6. The smallest absolute Gasteiger partial charge is 0.227 e. The molecule has 7 rings (SSSR count). The van der Waals surface area contributed by atoms with Crippen LogP contribution in [0.15, 0.2) is 23.5 Å². The zero-order chi connectivity index (χ0) is 21.2. The molecule has 3 aliphatic heterocycles. The Morgan fingerprint density at radius 2 is 1.90 bits per heavy atom. The molecule has 3 atom stereocenters. The third-order valence-corrected chi connectivity index (χ3v) is 9.16. The lowest BCUT2D eigenvalue weighted by molar-refractivity contribution is 0.103. The van der Waals surface area contributed by atoms with Crippen molar-refractivity contribution in [1.82, 2.24) is 19.9 Å². The van der Waals surface area contributed by atoms with E-state index in [0.29, 0.717) is 45.9 Å². The van der Waals surface area contributed by atoms with Gasteiger partial charge in [-0.15, -0.1) is 0 Å². The van der Waals surface area contributed by atoms with Gasteiger partial charge in [0.1, 0.15) is 5.82 Å². The Labute approximate surface area is 188 Å². The highest BCUT2D eigenvalue weighted by Gasteiger charge is 2.50. The first-order chi connectivity index (χ1) is 15.1. The number of hydrogen-bond acceptors (Lipinski definition) is 8. The minimum atomic E-state index is -1.09. The van der Waals surface area contributed by atoms with Crippen LogP contribution < -0.4 is 9.80 Å². The van der Waals surface area contributed by atoms with E-state index in [9.17, 15) is 9.32 Å². The number of halogens is 1. The summed E-state index contributed by atoms with van der Waals surface area (Å²) in [6.45, 7) is 2.49. The number of anilines is 2. The van der Waals surface area contributed by atoms with Crippen LogP contribution in [0.4, 0.5) is 11.8 Å². The molecular formula is C21H25ClN6O2S. The summed E-state index contributed by atoms with van der Waals surface area (Å²) >= 11 is 5.95. The van der Waals surface area contributed by atoms with Crippen molar-refractivity contribution < 1.29 is 9.32 Å². The van der Waals surface area contributed by atoms with Crippen LogP contribution in [-0.4, -0.2) is 66.8 Å². The Morgan fingerprint density at radius 1 is 1.16 bits per heavy atom. The van der Waals surface area contributed by atoms with Crippen LogP contribution in [-0.2, 0) is 10.8 Å². The maximum atomic E-state index is 12.6. The number of aliphatic hydroxyl groups excluding tert-OH is 1. The third-order valence-electron chi connectivity index (χ3n) is 7.63. The summed E-state index contributed by atoms with van der Waals surface area (Å²) in [5, 5.41) is 10.7. The molecule has 0 radical (unpaired) electrons. The first kappa shape index (κ1) is 19.8. The van der Waals surface area contributed by atoms with E-state index in [1.165, 1.54) is 6.42 Å².